The van der Waals surface area contributed by atoms with E-state index in [9.17, 15) is 0 Å². The van der Waals surface area contributed by atoms with Crippen molar-refractivity contribution in [2.75, 3.05) is 0 Å². The zero-order valence-corrected chi connectivity index (χ0v) is 27.7. The van der Waals surface area contributed by atoms with E-state index in [4.69, 9.17) is 14.4 Å². The van der Waals surface area contributed by atoms with Gasteiger partial charge in [-0.15, -0.1) is 11.3 Å². The maximum absolute atomic E-state index is 6.56. The molecular weight excluding hydrogens is 617 g/mol. The molecule has 9 rings (SSSR count). The summed E-state index contributed by atoms with van der Waals surface area (Å²) in [5, 5.41) is 6.61. The van der Waals surface area contributed by atoms with Gasteiger partial charge in [0.1, 0.15) is 16.2 Å². The number of hydrogen-bond donors (Lipinski definition) is 0. The van der Waals surface area contributed by atoms with Gasteiger partial charge in [-0.05, 0) is 54.0 Å². The first-order valence-electron chi connectivity index (χ1n) is 16.4. The van der Waals surface area contributed by atoms with Gasteiger partial charge in [0.2, 0.25) is 0 Å². The predicted molar refractivity (Wildman–Crippen MR) is 208 cm³/mol. The number of thiazole rings is 1. The minimum absolute atomic E-state index is 0.857. The summed E-state index contributed by atoms with van der Waals surface area (Å²) in [5.74, 6) is 0. The Hall–Kier alpha value is -6.10. The van der Waals surface area contributed by atoms with Gasteiger partial charge in [0, 0.05) is 48.5 Å². The molecular formula is C45H30N2OS. The van der Waals surface area contributed by atoms with Crippen LogP contribution in [0.25, 0.3) is 93.8 Å². The molecule has 9 aromatic rings. The highest BCUT2D eigenvalue weighted by atomic mass is 32.1. The fourth-order valence-electron chi connectivity index (χ4n) is 6.93. The lowest BCUT2D eigenvalue weighted by atomic mass is 9.89. The third kappa shape index (κ3) is 4.97. The van der Waals surface area contributed by atoms with Crippen molar-refractivity contribution in [1.29, 1.82) is 0 Å². The maximum atomic E-state index is 6.56. The minimum atomic E-state index is 0.857. The molecule has 232 valence electrons. The van der Waals surface area contributed by atoms with E-state index in [1.165, 1.54) is 10.3 Å². The molecule has 3 aromatic heterocycles. The van der Waals surface area contributed by atoms with Gasteiger partial charge < -0.3 is 4.42 Å². The van der Waals surface area contributed by atoms with Gasteiger partial charge in [0.05, 0.1) is 16.9 Å². The molecule has 49 heavy (non-hydrogen) atoms. The average Bonchev–Trinajstić information content (AvgIpc) is 3.72. The number of fused-ring (bicyclic) bond motifs is 6. The fourth-order valence-corrected chi connectivity index (χ4v) is 7.83. The summed E-state index contributed by atoms with van der Waals surface area (Å²) in [6.45, 7) is 5.91. The average molecular weight is 647 g/mol. The SMILES string of the molecule is C=C/C=C\c1nc(-c2cccc(-c3ccc(-c4c5c(cc6c(-c7ccccc7)nc7ccccc7c46)oc4ccccc45)cc3)c2)sc1C. The number of allylic oxidation sites excluding steroid dienone is 2. The fraction of sp³-hybridized carbons (Fsp3) is 0.0222. The van der Waals surface area contributed by atoms with Crippen LogP contribution in [-0.4, -0.2) is 9.97 Å². The highest BCUT2D eigenvalue weighted by molar-refractivity contribution is 7.15. The summed E-state index contributed by atoms with van der Waals surface area (Å²) in [7, 11) is 0. The molecule has 0 unspecified atom stereocenters. The van der Waals surface area contributed by atoms with E-state index in [-0.39, 0.29) is 0 Å². The zero-order valence-electron chi connectivity index (χ0n) is 26.9. The van der Waals surface area contributed by atoms with Crippen molar-refractivity contribution in [3.63, 3.8) is 0 Å². The van der Waals surface area contributed by atoms with Crippen molar-refractivity contribution < 1.29 is 4.42 Å². The van der Waals surface area contributed by atoms with Crippen LogP contribution in [0.3, 0.4) is 0 Å². The summed E-state index contributed by atoms with van der Waals surface area (Å²) in [5.41, 5.74) is 11.4. The Morgan fingerprint density at radius 2 is 1.31 bits per heavy atom. The molecule has 0 amide bonds. The van der Waals surface area contributed by atoms with E-state index < -0.39 is 0 Å². The summed E-state index contributed by atoms with van der Waals surface area (Å²) >= 11 is 1.72. The lowest BCUT2D eigenvalue weighted by Crippen LogP contribution is -1.93. The molecule has 0 N–H and O–H groups in total. The number of rotatable bonds is 6. The Kier molecular flexibility index (Phi) is 7.03. The highest BCUT2D eigenvalue weighted by Crippen LogP contribution is 2.46. The summed E-state index contributed by atoms with van der Waals surface area (Å²) in [6, 6.07) is 47.1. The second-order valence-corrected chi connectivity index (χ2v) is 13.4. The van der Waals surface area contributed by atoms with Gasteiger partial charge in [-0.2, -0.15) is 0 Å². The standard InChI is InChI=1S/C45H30N2OS/c1-3-4-19-37-28(2)49-45(47-37)33-16-12-15-32(26-33)29-22-24-30(25-23-29)41-42-34-17-8-10-20-38(34)46-44(31-13-6-5-7-14-31)36(42)27-40-43(41)35-18-9-11-21-39(35)48-40/h3-27H,1H2,2H3/b19-4-. The third-order valence-corrected chi connectivity index (χ3v) is 10.3. The molecule has 6 aromatic carbocycles. The molecule has 0 spiro atoms. The first-order valence-corrected chi connectivity index (χ1v) is 17.2. The Labute approximate surface area is 288 Å². The second kappa shape index (κ2) is 11.9. The monoisotopic (exact) mass is 646 g/mol. The first-order chi connectivity index (χ1) is 24.2. The zero-order chi connectivity index (χ0) is 32.9. The van der Waals surface area contributed by atoms with E-state index in [1.54, 1.807) is 17.4 Å². The Morgan fingerprint density at radius 3 is 2.14 bits per heavy atom. The smallest absolute Gasteiger partial charge is 0.136 e. The van der Waals surface area contributed by atoms with Crippen molar-refractivity contribution >= 4 is 61.0 Å². The third-order valence-electron chi connectivity index (χ3n) is 9.21. The topological polar surface area (TPSA) is 38.9 Å². The molecule has 4 heteroatoms. The molecule has 0 aliphatic heterocycles. The molecule has 0 radical (unpaired) electrons. The van der Waals surface area contributed by atoms with Crippen molar-refractivity contribution in [1.82, 2.24) is 9.97 Å². The van der Waals surface area contributed by atoms with Gasteiger partial charge >= 0.3 is 0 Å². The van der Waals surface area contributed by atoms with Gasteiger partial charge in [-0.3, -0.25) is 0 Å². The number of benzene rings is 6. The van der Waals surface area contributed by atoms with Crippen molar-refractivity contribution in [3.05, 3.63) is 163 Å². The van der Waals surface area contributed by atoms with Crippen LogP contribution in [0.15, 0.2) is 157 Å². The van der Waals surface area contributed by atoms with Crippen molar-refractivity contribution in [2.24, 2.45) is 0 Å². The molecule has 0 atom stereocenters. The van der Waals surface area contributed by atoms with Crippen molar-refractivity contribution in [2.45, 2.75) is 6.92 Å². The Balaban J connectivity index is 1.26. The Bertz CT molecular complexity index is 2730. The number of aryl methyl sites for hydroxylation is 1. The van der Waals surface area contributed by atoms with Crippen LogP contribution >= 0.6 is 11.3 Å². The van der Waals surface area contributed by atoms with Gasteiger partial charge in [0.15, 0.2) is 0 Å². The number of nitrogens with zero attached hydrogens (tertiary/aromatic N) is 2. The van der Waals surface area contributed by atoms with Gasteiger partial charge in [0.25, 0.3) is 0 Å². The lowest BCUT2D eigenvalue weighted by molar-refractivity contribution is 0.669. The van der Waals surface area contributed by atoms with Crippen molar-refractivity contribution in [3.8, 4) is 44.1 Å². The number of aromatic nitrogens is 2. The number of hydrogen-bond acceptors (Lipinski definition) is 4. The largest absolute Gasteiger partial charge is 0.456 e. The van der Waals surface area contributed by atoms with Crippen LogP contribution in [0, 0.1) is 6.92 Å². The Morgan fingerprint density at radius 1 is 0.592 bits per heavy atom. The van der Waals surface area contributed by atoms with E-state index in [0.29, 0.717) is 0 Å². The lowest BCUT2D eigenvalue weighted by Gasteiger charge is -2.16. The summed E-state index contributed by atoms with van der Waals surface area (Å²) in [6.07, 6.45) is 5.73. The molecule has 0 aliphatic rings. The predicted octanol–water partition coefficient (Wildman–Crippen LogP) is 12.9. The van der Waals surface area contributed by atoms with Crippen LogP contribution in [0.4, 0.5) is 0 Å². The molecule has 0 saturated carbocycles. The molecule has 3 heterocycles. The van der Waals surface area contributed by atoms with E-state index in [2.05, 4.69) is 135 Å². The van der Waals surface area contributed by atoms with Crippen LogP contribution < -0.4 is 0 Å². The molecule has 0 fully saturated rings. The molecule has 0 saturated heterocycles. The quantitative estimate of drug-likeness (QED) is 0.133. The molecule has 3 nitrogen and oxygen atoms in total. The van der Waals surface area contributed by atoms with E-state index in [1.807, 2.05) is 24.3 Å². The van der Waals surface area contributed by atoms with E-state index >= 15 is 0 Å². The van der Waals surface area contributed by atoms with Crippen LogP contribution in [0.2, 0.25) is 0 Å². The van der Waals surface area contributed by atoms with Crippen LogP contribution in [0.1, 0.15) is 10.6 Å². The molecule has 0 bridgehead atoms. The highest BCUT2D eigenvalue weighted by Gasteiger charge is 2.21. The summed E-state index contributed by atoms with van der Waals surface area (Å²) in [4.78, 5) is 11.3. The number of para-hydroxylation sites is 2. The second-order valence-electron chi connectivity index (χ2n) is 12.2. The first kappa shape index (κ1) is 29.1. The maximum Gasteiger partial charge on any atom is 0.136 e. The number of furan rings is 1. The van der Waals surface area contributed by atoms with Gasteiger partial charge in [-0.1, -0.05) is 128 Å². The van der Waals surface area contributed by atoms with Crippen LogP contribution in [0.5, 0.6) is 0 Å². The normalized spacial score (nSPS) is 11.8. The minimum Gasteiger partial charge on any atom is -0.456 e. The van der Waals surface area contributed by atoms with Crippen LogP contribution in [-0.2, 0) is 0 Å². The summed E-state index contributed by atoms with van der Waals surface area (Å²) < 4.78 is 6.56. The van der Waals surface area contributed by atoms with E-state index in [0.717, 1.165) is 88.0 Å². The van der Waals surface area contributed by atoms with Gasteiger partial charge in [-0.25, -0.2) is 9.97 Å². The molecule has 0 aliphatic carbocycles. The number of pyridine rings is 1.